The second kappa shape index (κ2) is 6.79. The van der Waals surface area contributed by atoms with Crippen molar-refractivity contribution in [3.05, 3.63) is 59.4 Å². The minimum atomic E-state index is -0.209. The molecule has 0 radical (unpaired) electrons. The first-order valence-corrected chi connectivity index (χ1v) is 8.04. The van der Waals surface area contributed by atoms with E-state index >= 15 is 0 Å². The first-order chi connectivity index (χ1) is 11.6. The molecule has 0 saturated carbocycles. The minimum Gasteiger partial charge on any atom is -0.493 e. The highest BCUT2D eigenvalue weighted by atomic mass is 16.5. The summed E-state index contributed by atoms with van der Waals surface area (Å²) < 4.78 is 11.5. The van der Waals surface area contributed by atoms with Gasteiger partial charge in [-0.05, 0) is 56.2 Å². The number of hydrogen-bond acceptors (Lipinski definition) is 3. The molecule has 1 N–H and O–H groups in total. The van der Waals surface area contributed by atoms with Crippen LogP contribution < -0.4 is 9.47 Å². The van der Waals surface area contributed by atoms with Gasteiger partial charge in [-0.15, -0.1) is 0 Å². The van der Waals surface area contributed by atoms with E-state index in [1.807, 2.05) is 50.3 Å². The van der Waals surface area contributed by atoms with Crippen LogP contribution in [-0.2, 0) is 0 Å². The molecule has 0 aliphatic rings. The Labute approximate surface area is 142 Å². The smallest absolute Gasteiger partial charge is 0.162 e. The van der Waals surface area contributed by atoms with Crippen molar-refractivity contribution in [2.75, 3.05) is 7.11 Å². The molecule has 24 heavy (non-hydrogen) atoms. The van der Waals surface area contributed by atoms with Crippen molar-refractivity contribution in [1.82, 2.24) is 9.97 Å². The molecule has 4 nitrogen and oxygen atoms in total. The molecular weight excluding hydrogens is 300 g/mol. The van der Waals surface area contributed by atoms with E-state index in [0.717, 1.165) is 22.4 Å². The molecule has 0 spiro atoms. The fraction of sp³-hybridized carbons (Fsp3) is 0.250. The molecule has 2 aromatic carbocycles. The second-order valence-corrected chi connectivity index (χ2v) is 5.81. The maximum atomic E-state index is 6.07. The summed E-state index contributed by atoms with van der Waals surface area (Å²) in [6.07, 6.45) is 3.81. The number of aromatic amines is 1. The lowest BCUT2D eigenvalue weighted by molar-refractivity contribution is 0.208. The van der Waals surface area contributed by atoms with Crippen molar-refractivity contribution in [3.8, 4) is 11.5 Å². The van der Waals surface area contributed by atoms with Crippen LogP contribution in [-0.4, -0.2) is 17.1 Å². The van der Waals surface area contributed by atoms with Crippen LogP contribution in [0.4, 0.5) is 0 Å². The molecule has 1 aromatic heterocycles. The van der Waals surface area contributed by atoms with Crippen molar-refractivity contribution in [3.63, 3.8) is 0 Å². The summed E-state index contributed by atoms with van der Waals surface area (Å²) in [5.74, 6) is 2.22. The number of hydrogen-bond donors (Lipinski definition) is 1. The summed E-state index contributed by atoms with van der Waals surface area (Å²) in [6, 6.07) is 12.1. The Morgan fingerprint density at radius 2 is 1.96 bits per heavy atom. The Morgan fingerprint density at radius 3 is 2.71 bits per heavy atom. The monoisotopic (exact) mass is 322 g/mol. The number of nitrogens with one attached hydrogen (secondary N) is 1. The summed E-state index contributed by atoms with van der Waals surface area (Å²) in [4.78, 5) is 7.96. The van der Waals surface area contributed by atoms with Gasteiger partial charge >= 0.3 is 0 Å². The van der Waals surface area contributed by atoms with Gasteiger partial charge in [-0.3, -0.25) is 0 Å². The van der Waals surface area contributed by atoms with Crippen molar-refractivity contribution in [1.29, 1.82) is 0 Å². The van der Waals surface area contributed by atoms with Crippen molar-refractivity contribution in [2.45, 2.75) is 26.9 Å². The first-order valence-electron chi connectivity index (χ1n) is 8.04. The third-order valence-corrected chi connectivity index (χ3v) is 3.89. The van der Waals surface area contributed by atoms with Gasteiger partial charge in [-0.1, -0.05) is 24.3 Å². The zero-order valence-corrected chi connectivity index (χ0v) is 14.5. The summed E-state index contributed by atoms with van der Waals surface area (Å²) in [5, 5.41) is 0. The number of imidazole rings is 1. The van der Waals surface area contributed by atoms with Gasteiger partial charge < -0.3 is 14.5 Å². The van der Waals surface area contributed by atoms with E-state index in [-0.39, 0.29) is 6.10 Å². The van der Waals surface area contributed by atoms with Crippen LogP contribution in [0.1, 0.15) is 36.9 Å². The fourth-order valence-electron chi connectivity index (χ4n) is 2.66. The van der Waals surface area contributed by atoms with Gasteiger partial charge in [-0.25, -0.2) is 4.98 Å². The molecular formula is C20H22N2O2. The van der Waals surface area contributed by atoms with Gasteiger partial charge in [-0.2, -0.15) is 0 Å². The van der Waals surface area contributed by atoms with E-state index < -0.39 is 0 Å². The van der Waals surface area contributed by atoms with Crippen molar-refractivity contribution in [2.24, 2.45) is 0 Å². The van der Waals surface area contributed by atoms with E-state index in [2.05, 4.69) is 29.0 Å². The lowest BCUT2D eigenvalue weighted by Gasteiger charge is -2.15. The van der Waals surface area contributed by atoms with E-state index in [0.29, 0.717) is 11.5 Å². The second-order valence-electron chi connectivity index (χ2n) is 5.81. The molecule has 0 bridgehead atoms. The summed E-state index contributed by atoms with van der Waals surface area (Å²) >= 11 is 0. The van der Waals surface area contributed by atoms with E-state index in [4.69, 9.17) is 9.47 Å². The van der Waals surface area contributed by atoms with Gasteiger partial charge in [0.15, 0.2) is 17.6 Å². The molecule has 3 aromatic rings. The van der Waals surface area contributed by atoms with Crippen LogP contribution in [0, 0.1) is 6.92 Å². The third-order valence-electron chi connectivity index (χ3n) is 3.89. The number of aromatic nitrogens is 2. The van der Waals surface area contributed by atoms with E-state index in [9.17, 15) is 0 Å². The van der Waals surface area contributed by atoms with Crippen LogP contribution in [0.3, 0.4) is 0 Å². The van der Waals surface area contributed by atoms with Crippen molar-refractivity contribution < 1.29 is 9.47 Å². The van der Waals surface area contributed by atoms with Crippen LogP contribution in [0.25, 0.3) is 17.1 Å². The van der Waals surface area contributed by atoms with Crippen molar-refractivity contribution >= 4 is 17.1 Å². The molecule has 0 amide bonds. The number of ether oxygens (including phenoxy) is 2. The predicted molar refractivity (Wildman–Crippen MR) is 97.6 cm³/mol. The molecule has 3 rings (SSSR count). The zero-order chi connectivity index (χ0) is 17.1. The largest absolute Gasteiger partial charge is 0.493 e. The Balaban J connectivity index is 1.86. The quantitative estimate of drug-likeness (QED) is 0.715. The predicted octanol–water partition coefficient (Wildman–Crippen LogP) is 5.05. The lowest BCUT2D eigenvalue weighted by atomic mass is 10.2. The molecule has 0 aliphatic heterocycles. The van der Waals surface area contributed by atoms with Gasteiger partial charge in [0.25, 0.3) is 0 Å². The Hall–Kier alpha value is -2.75. The topological polar surface area (TPSA) is 47.1 Å². The summed E-state index contributed by atoms with van der Waals surface area (Å²) in [5.41, 5.74) is 4.25. The number of benzene rings is 2. The number of rotatable bonds is 5. The standard InChI is InChI=1S/C20H22N2O2/c1-5-6-15-8-10-18(19(12-15)23-4)24-14(3)20-21-16-9-7-13(2)11-17(16)22-20/h5-12,14H,1-4H3,(H,21,22). The zero-order valence-electron chi connectivity index (χ0n) is 14.5. The lowest BCUT2D eigenvalue weighted by Crippen LogP contribution is -2.06. The number of H-pyrrole nitrogens is 1. The maximum Gasteiger partial charge on any atom is 0.162 e. The van der Waals surface area contributed by atoms with Gasteiger partial charge in [0.05, 0.1) is 18.1 Å². The molecule has 1 unspecified atom stereocenters. The molecule has 1 atom stereocenters. The molecule has 1 heterocycles. The van der Waals surface area contributed by atoms with Gasteiger partial charge in [0.2, 0.25) is 0 Å². The number of allylic oxidation sites excluding steroid dienone is 1. The average molecular weight is 322 g/mol. The maximum absolute atomic E-state index is 6.07. The van der Waals surface area contributed by atoms with Crippen LogP contribution >= 0.6 is 0 Å². The van der Waals surface area contributed by atoms with Crippen LogP contribution in [0.2, 0.25) is 0 Å². The minimum absolute atomic E-state index is 0.209. The SMILES string of the molecule is CC=Cc1ccc(OC(C)c2nc3ccc(C)cc3[nH]2)c(OC)c1. The van der Waals surface area contributed by atoms with Gasteiger partial charge in [0, 0.05) is 0 Å². The Kier molecular flexibility index (Phi) is 4.56. The van der Waals surface area contributed by atoms with E-state index in [1.165, 1.54) is 5.56 Å². The highest BCUT2D eigenvalue weighted by molar-refractivity contribution is 5.75. The molecule has 0 fully saturated rings. The average Bonchev–Trinajstić information content (AvgIpc) is 2.99. The highest BCUT2D eigenvalue weighted by Crippen LogP contribution is 2.32. The van der Waals surface area contributed by atoms with Crippen LogP contribution in [0.5, 0.6) is 11.5 Å². The first kappa shape index (κ1) is 16.1. The number of fused-ring (bicyclic) bond motifs is 1. The molecule has 0 saturated heterocycles. The number of methoxy groups -OCH3 is 1. The third kappa shape index (κ3) is 3.27. The summed E-state index contributed by atoms with van der Waals surface area (Å²) in [7, 11) is 1.65. The van der Waals surface area contributed by atoms with Gasteiger partial charge in [0.1, 0.15) is 5.82 Å². The van der Waals surface area contributed by atoms with E-state index in [1.54, 1.807) is 7.11 Å². The Morgan fingerprint density at radius 1 is 1.12 bits per heavy atom. The molecule has 124 valence electrons. The number of aryl methyl sites for hydroxylation is 1. The molecule has 4 heteroatoms. The fourth-order valence-corrected chi connectivity index (χ4v) is 2.66. The Bertz CT molecular complexity index is 880. The van der Waals surface area contributed by atoms with Crippen LogP contribution in [0.15, 0.2) is 42.5 Å². The normalized spacial score (nSPS) is 12.7. The number of nitrogens with zero attached hydrogens (tertiary/aromatic N) is 1. The molecule has 0 aliphatic carbocycles. The summed E-state index contributed by atoms with van der Waals surface area (Å²) in [6.45, 7) is 6.03. The highest BCUT2D eigenvalue weighted by Gasteiger charge is 2.15.